The number of hydrogen-bond acceptors (Lipinski definition) is 4. The number of aryl methyl sites for hydroxylation is 1. The van der Waals surface area contributed by atoms with E-state index in [1.807, 2.05) is 55.5 Å². The monoisotopic (exact) mass is 343 g/mol. The van der Waals surface area contributed by atoms with Crippen molar-refractivity contribution in [2.75, 3.05) is 7.11 Å². The van der Waals surface area contributed by atoms with E-state index in [0.717, 1.165) is 33.4 Å². The molecule has 0 aliphatic rings. The highest BCUT2D eigenvalue weighted by Gasteiger charge is 2.14. The van der Waals surface area contributed by atoms with Gasteiger partial charge in [-0.1, -0.05) is 30.3 Å². The fraction of sp³-hybridized carbons (Fsp3) is 0.0909. The predicted molar refractivity (Wildman–Crippen MR) is 101 cm³/mol. The Morgan fingerprint density at radius 2 is 1.81 bits per heavy atom. The van der Waals surface area contributed by atoms with Gasteiger partial charge in [-0.15, -0.1) is 0 Å². The molecule has 0 aliphatic heterocycles. The average molecular weight is 343 g/mol. The van der Waals surface area contributed by atoms with Gasteiger partial charge in [-0.25, -0.2) is 4.79 Å². The zero-order chi connectivity index (χ0) is 18.1. The summed E-state index contributed by atoms with van der Waals surface area (Å²) in [5.74, 6) is 0.305. The Morgan fingerprint density at radius 1 is 1.00 bits per heavy atom. The average Bonchev–Trinajstić information content (AvgIpc) is 3.12. The van der Waals surface area contributed by atoms with Crippen LogP contribution in [0.4, 0.5) is 0 Å². The first kappa shape index (κ1) is 16.1. The molecule has 0 spiro atoms. The summed E-state index contributed by atoms with van der Waals surface area (Å²) < 4.78 is 11.0. The van der Waals surface area contributed by atoms with Crippen molar-refractivity contribution >= 4 is 17.1 Å². The SMILES string of the molecule is COC(=O)c1cc(C)cc(-c2cc3nccc(-c4ccccc4)c3o2)c1. The van der Waals surface area contributed by atoms with E-state index in [9.17, 15) is 4.79 Å². The van der Waals surface area contributed by atoms with E-state index in [-0.39, 0.29) is 5.97 Å². The number of hydrogen-bond donors (Lipinski definition) is 0. The van der Waals surface area contributed by atoms with Crippen molar-refractivity contribution < 1.29 is 13.9 Å². The zero-order valence-corrected chi connectivity index (χ0v) is 14.5. The number of rotatable bonds is 3. The number of ether oxygens (including phenoxy) is 1. The lowest BCUT2D eigenvalue weighted by Gasteiger charge is -2.04. The molecule has 4 heteroatoms. The molecular weight excluding hydrogens is 326 g/mol. The number of aromatic nitrogens is 1. The van der Waals surface area contributed by atoms with Crippen molar-refractivity contribution in [2.24, 2.45) is 0 Å². The van der Waals surface area contributed by atoms with Gasteiger partial charge in [0, 0.05) is 23.4 Å². The zero-order valence-electron chi connectivity index (χ0n) is 14.5. The van der Waals surface area contributed by atoms with Gasteiger partial charge in [0.05, 0.1) is 12.7 Å². The van der Waals surface area contributed by atoms with Gasteiger partial charge in [0.1, 0.15) is 11.3 Å². The van der Waals surface area contributed by atoms with E-state index in [1.54, 1.807) is 18.3 Å². The van der Waals surface area contributed by atoms with Crippen LogP contribution in [0, 0.1) is 6.92 Å². The van der Waals surface area contributed by atoms with Crippen molar-refractivity contribution in [3.63, 3.8) is 0 Å². The number of esters is 1. The number of benzene rings is 2. The molecule has 4 rings (SSSR count). The minimum atomic E-state index is -0.367. The van der Waals surface area contributed by atoms with Crippen LogP contribution in [0.25, 0.3) is 33.6 Å². The van der Waals surface area contributed by atoms with E-state index >= 15 is 0 Å². The molecule has 26 heavy (non-hydrogen) atoms. The van der Waals surface area contributed by atoms with Crippen LogP contribution in [0.5, 0.6) is 0 Å². The molecule has 128 valence electrons. The smallest absolute Gasteiger partial charge is 0.337 e. The number of carbonyl (C=O) groups excluding carboxylic acids is 1. The second-order valence-electron chi connectivity index (χ2n) is 6.13. The van der Waals surface area contributed by atoms with E-state index < -0.39 is 0 Å². The third-order valence-electron chi connectivity index (χ3n) is 4.28. The molecule has 0 fully saturated rings. The standard InChI is InChI=1S/C22H17NO3/c1-14-10-16(12-17(11-14)22(24)25-2)20-13-19-21(26-20)18(8-9-23-19)15-6-4-3-5-7-15/h3-13H,1-2H3. The summed E-state index contributed by atoms with van der Waals surface area (Å²) in [7, 11) is 1.38. The molecule has 4 aromatic rings. The highest BCUT2D eigenvalue weighted by molar-refractivity contribution is 5.94. The van der Waals surface area contributed by atoms with Gasteiger partial charge in [-0.2, -0.15) is 0 Å². The molecule has 0 saturated heterocycles. The molecule has 2 heterocycles. The number of nitrogens with zero attached hydrogens (tertiary/aromatic N) is 1. The summed E-state index contributed by atoms with van der Waals surface area (Å²) in [6.45, 7) is 1.94. The molecule has 0 N–H and O–H groups in total. The maximum absolute atomic E-state index is 11.9. The molecule has 0 saturated carbocycles. The number of carbonyl (C=O) groups is 1. The Labute approximate surface area is 151 Å². The highest BCUT2D eigenvalue weighted by atomic mass is 16.5. The van der Waals surface area contributed by atoms with Crippen LogP contribution in [0.3, 0.4) is 0 Å². The lowest BCUT2D eigenvalue weighted by Crippen LogP contribution is -2.01. The minimum absolute atomic E-state index is 0.367. The van der Waals surface area contributed by atoms with Gasteiger partial charge in [0.25, 0.3) is 0 Å². The van der Waals surface area contributed by atoms with Crippen molar-refractivity contribution in [2.45, 2.75) is 6.92 Å². The number of furan rings is 1. The third-order valence-corrected chi connectivity index (χ3v) is 4.28. The molecule has 4 nitrogen and oxygen atoms in total. The van der Waals surface area contributed by atoms with E-state index in [1.165, 1.54) is 7.11 Å². The highest BCUT2D eigenvalue weighted by Crippen LogP contribution is 2.34. The Hall–Kier alpha value is -3.40. The third kappa shape index (κ3) is 2.86. The first-order valence-corrected chi connectivity index (χ1v) is 8.30. The quantitative estimate of drug-likeness (QED) is 0.476. The fourth-order valence-corrected chi connectivity index (χ4v) is 3.09. The normalized spacial score (nSPS) is 10.8. The second-order valence-corrected chi connectivity index (χ2v) is 6.13. The maximum atomic E-state index is 11.9. The van der Waals surface area contributed by atoms with Crippen molar-refractivity contribution in [1.29, 1.82) is 0 Å². The van der Waals surface area contributed by atoms with Crippen LogP contribution < -0.4 is 0 Å². The molecule has 2 aromatic heterocycles. The summed E-state index contributed by atoms with van der Waals surface area (Å²) in [5.41, 5.74) is 5.85. The van der Waals surface area contributed by atoms with Crippen LogP contribution in [-0.2, 0) is 4.74 Å². The van der Waals surface area contributed by atoms with Gasteiger partial charge in [-0.05, 0) is 42.3 Å². The summed E-state index contributed by atoms with van der Waals surface area (Å²) in [5, 5.41) is 0. The van der Waals surface area contributed by atoms with Gasteiger partial charge in [0.2, 0.25) is 0 Å². The second kappa shape index (κ2) is 6.48. The van der Waals surface area contributed by atoms with Crippen molar-refractivity contribution in [3.8, 4) is 22.5 Å². The first-order valence-electron chi connectivity index (χ1n) is 8.30. The number of pyridine rings is 1. The molecule has 0 aliphatic carbocycles. The minimum Gasteiger partial charge on any atom is -0.465 e. The Kier molecular flexibility index (Phi) is 4.01. The lowest BCUT2D eigenvalue weighted by atomic mass is 10.0. The molecule has 0 bridgehead atoms. The van der Waals surface area contributed by atoms with Gasteiger partial charge in [-0.3, -0.25) is 4.98 Å². The first-order chi connectivity index (χ1) is 12.7. The van der Waals surface area contributed by atoms with E-state index in [0.29, 0.717) is 11.3 Å². The van der Waals surface area contributed by atoms with Crippen LogP contribution in [0.1, 0.15) is 15.9 Å². The van der Waals surface area contributed by atoms with E-state index in [2.05, 4.69) is 4.98 Å². The lowest BCUT2D eigenvalue weighted by molar-refractivity contribution is 0.0600. The number of methoxy groups -OCH3 is 1. The summed E-state index contributed by atoms with van der Waals surface area (Å²) in [6, 6.07) is 19.5. The van der Waals surface area contributed by atoms with Crippen LogP contribution in [0.15, 0.2) is 71.3 Å². The fourth-order valence-electron chi connectivity index (χ4n) is 3.09. The van der Waals surface area contributed by atoms with Gasteiger partial charge >= 0.3 is 5.97 Å². The van der Waals surface area contributed by atoms with Crippen LogP contribution >= 0.6 is 0 Å². The number of fused-ring (bicyclic) bond motifs is 1. The predicted octanol–water partition coefficient (Wildman–Crippen LogP) is 5.26. The topological polar surface area (TPSA) is 52.3 Å². The Morgan fingerprint density at radius 3 is 2.58 bits per heavy atom. The molecule has 0 amide bonds. The molecular formula is C22H17NO3. The van der Waals surface area contributed by atoms with Crippen molar-refractivity contribution in [1.82, 2.24) is 4.98 Å². The Bertz CT molecular complexity index is 1100. The maximum Gasteiger partial charge on any atom is 0.337 e. The van der Waals surface area contributed by atoms with Crippen molar-refractivity contribution in [3.05, 3.63) is 78.0 Å². The van der Waals surface area contributed by atoms with Gasteiger partial charge in [0.15, 0.2) is 5.58 Å². The Balaban J connectivity index is 1.87. The summed E-state index contributed by atoms with van der Waals surface area (Å²) in [4.78, 5) is 16.3. The summed E-state index contributed by atoms with van der Waals surface area (Å²) in [6.07, 6.45) is 1.78. The van der Waals surface area contributed by atoms with Gasteiger partial charge < -0.3 is 9.15 Å². The van der Waals surface area contributed by atoms with Crippen LogP contribution in [0.2, 0.25) is 0 Å². The summed E-state index contributed by atoms with van der Waals surface area (Å²) >= 11 is 0. The molecule has 0 radical (unpaired) electrons. The van der Waals surface area contributed by atoms with E-state index in [4.69, 9.17) is 9.15 Å². The molecule has 2 aromatic carbocycles. The largest absolute Gasteiger partial charge is 0.465 e. The molecule has 0 unspecified atom stereocenters. The van der Waals surface area contributed by atoms with Crippen LogP contribution in [-0.4, -0.2) is 18.1 Å². The molecule has 0 atom stereocenters.